The Balaban J connectivity index is 1.69. The highest BCUT2D eigenvalue weighted by molar-refractivity contribution is 5.92. The fraction of sp³-hybridized carbons (Fsp3) is 0.462. The molecule has 2 aromatic rings. The highest BCUT2D eigenvalue weighted by Crippen LogP contribution is 2.28. The summed E-state index contributed by atoms with van der Waals surface area (Å²) >= 11 is 0. The first kappa shape index (κ1) is 25.6. The number of amides is 2. The molecule has 6 nitrogen and oxygen atoms in total. The van der Waals surface area contributed by atoms with E-state index in [9.17, 15) is 18.4 Å². The number of likely N-dealkylation sites (N-methyl/N-ethyl adjacent to an activating group) is 1. The fourth-order valence-electron chi connectivity index (χ4n) is 4.44. The maximum atomic E-state index is 14.9. The first-order valence-corrected chi connectivity index (χ1v) is 12.0. The monoisotopic (exact) mass is 472 g/mol. The smallest absolute Gasteiger partial charge is 0.241 e. The fourth-order valence-corrected chi connectivity index (χ4v) is 4.44. The Morgan fingerprint density at radius 1 is 0.941 bits per heavy atom. The summed E-state index contributed by atoms with van der Waals surface area (Å²) in [5.74, 6) is -1.15. The van der Waals surface area contributed by atoms with Gasteiger partial charge in [0.05, 0.1) is 5.69 Å². The Bertz CT molecular complexity index is 989. The van der Waals surface area contributed by atoms with E-state index >= 15 is 0 Å². The zero-order valence-corrected chi connectivity index (χ0v) is 20.1. The van der Waals surface area contributed by atoms with Gasteiger partial charge in [0.2, 0.25) is 11.8 Å². The van der Waals surface area contributed by atoms with Gasteiger partial charge in [0.1, 0.15) is 17.7 Å². The molecule has 1 heterocycles. The molecule has 0 saturated carbocycles. The molecular formula is C26H34F2N4O2. The minimum Gasteiger partial charge on any atom is -0.367 e. The molecule has 1 saturated heterocycles. The van der Waals surface area contributed by atoms with Gasteiger partial charge >= 0.3 is 0 Å². The Hall–Kier alpha value is -3.00. The van der Waals surface area contributed by atoms with Gasteiger partial charge < -0.3 is 15.5 Å². The first-order chi connectivity index (χ1) is 16.4. The molecule has 2 N–H and O–H groups in total. The van der Waals surface area contributed by atoms with Crippen molar-refractivity contribution in [1.29, 1.82) is 0 Å². The molecule has 0 aliphatic carbocycles. The predicted molar refractivity (Wildman–Crippen MR) is 131 cm³/mol. The molecular weight excluding hydrogens is 438 g/mol. The Labute approximate surface area is 200 Å². The minimum atomic E-state index is -0.606. The van der Waals surface area contributed by atoms with E-state index < -0.39 is 11.9 Å². The van der Waals surface area contributed by atoms with Gasteiger partial charge in [-0.3, -0.25) is 14.5 Å². The zero-order valence-electron chi connectivity index (χ0n) is 20.1. The summed E-state index contributed by atoms with van der Waals surface area (Å²) in [6, 6.07) is 10.2. The number of anilines is 2. The molecule has 3 rings (SSSR count). The van der Waals surface area contributed by atoms with Crippen LogP contribution in [0.15, 0.2) is 42.5 Å². The van der Waals surface area contributed by atoms with Crippen molar-refractivity contribution in [2.75, 3.05) is 42.9 Å². The molecule has 0 aromatic heterocycles. The molecule has 2 amide bonds. The van der Waals surface area contributed by atoms with Crippen molar-refractivity contribution in [1.82, 2.24) is 10.2 Å². The van der Waals surface area contributed by atoms with Crippen molar-refractivity contribution < 1.29 is 18.4 Å². The third-order valence-corrected chi connectivity index (χ3v) is 6.36. The van der Waals surface area contributed by atoms with Crippen LogP contribution in [0.1, 0.15) is 45.2 Å². The van der Waals surface area contributed by atoms with E-state index in [-0.39, 0.29) is 23.5 Å². The molecule has 1 unspecified atom stereocenters. The molecule has 1 aliphatic rings. The zero-order chi connectivity index (χ0) is 24.7. The Morgan fingerprint density at radius 2 is 1.65 bits per heavy atom. The number of carbonyl (C=O) groups is 2. The van der Waals surface area contributed by atoms with E-state index in [1.807, 2.05) is 30.6 Å². The number of benzene rings is 2. The van der Waals surface area contributed by atoms with Gasteiger partial charge in [-0.05, 0) is 55.7 Å². The quantitative estimate of drug-likeness (QED) is 0.570. The van der Waals surface area contributed by atoms with E-state index in [1.54, 1.807) is 24.3 Å². The lowest BCUT2D eigenvalue weighted by Crippen LogP contribution is -2.51. The summed E-state index contributed by atoms with van der Waals surface area (Å²) in [6.45, 7) is 8.32. The van der Waals surface area contributed by atoms with E-state index in [4.69, 9.17) is 0 Å². The highest BCUT2D eigenvalue weighted by Gasteiger charge is 2.31. The van der Waals surface area contributed by atoms with Crippen LogP contribution in [0.5, 0.6) is 0 Å². The van der Waals surface area contributed by atoms with Gasteiger partial charge in [-0.2, -0.15) is 0 Å². The third kappa shape index (κ3) is 6.11. The predicted octanol–water partition coefficient (Wildman–Crippen LogP) is 4.34. The van der Waals surface area contributed by atoms with Crippen molar-refractivity contribution in [3.63, 3.8) is 0 Å². The average molecular weight is 473 g/mol. The van der Waals surface area contributed by atoms with Crippen molar-refractivity contribution in [3.8, 4) is 0 Å². The van der Waals surface area contributed by atoms with Crippen LogP contribution in [-0.2, 0) is 9.59 Å². The molecule has 8 heteroatoms. The number of piperazine rings is 1. The van der Waals surface area contributed by atoms with E-state index in [2.05, 4.69) is 10.6 Å². The summed E-state index contributed by atoms with van der Waals surface area (Å²) in [4.78, 5) is 29.0. The maximum absolute atomic E-state index is 14.9. The molecule has 1 atom stereocenters. The third-order valence-electron chi connectivity index (χ3n) is 6.36. The van der Waals surface area contributed by atoms with Gasteiger partial charge in [0.15, 0.2) is 0 Å². The number of nitrogens with one attached hydrogen (secondary N) is 2. The number of rotatable bonds is 9. The lowest BCUT2D eigenvalue weighted by molar-refractivity contribution is -0.126. The number of hydrogen-bond acceptors (Lipinski definition) is 4. The van der Waals surface area contributed by atoms with Crippen molar-refractivity contribution in [2.45, 2.75) is 39.7 Å². The van der Waals surface area contributed by atoms with Gasteiger partial charge in [0, 0.05) is 44.3 Å². The van der Waals surface area contributed by atoms with Crippen LogP contribution in [0.25, 0.3) is 0 Å². The summed E-state index contributed by atoms with van der Waals surface area (Å²) in [6.07, 6.45) is 1.47. The molecule has 0 radical (unpaired) electrons. The molecule has 0 bridgehead atoms. The Morgan fingerprint density at radius 3 is 2.24 bits per heavy atom. The van der Waals surface area contributed by atoms with Gasteiger partial charge in [-0.1, -0.05) is 26.0 Å². The number of hydrogen-bond donors (Lipinski definition) is 2. The molecule has 1 fully saturated rings. The summed E-state index contributed by atoms with van der Waals surface area (Å²) in [7, 11) is 0. The van der Waals surface area contributed by atoms with Crippen LogP contribution in [0.2, 0.25) is 0 Å². The normalized spacial score (nSPS) is 15.3. The van der Waals surface area contributed by atoms with Crippen LogP contribution in [0, 0.1) is 17.6 Å². The summed E-state index contributed by atoms with van der Waals surface area (Å²) in [5, 5.41) is 5.64. The van der Waals surface area contributed by atoms with Gasteiger partial charge in [0.25, 0.3) is 0 Å². The van der Waals surface area contributed by atoms with Crippen LogP contribution in [-0.4, -0.2) is 49.4 Å². The highest BCUT2D eigenvalue weighted by atomic mass is 19.1. The second-order valence-electron chi connectivity index (χ2n) is 8.54. The lowest BCUT2D eigenvalue weighted by Gasteiger charge is -2.39. The van der Waals surface area contributed by atoms with E-state index in [0.717, 1.165) is 12.8 Å². The number of nitrogens with zero attached hydrogens (tertiary/aromatic N) is 2. The second kappa shape index (κ2) is 11.9. The van der Waals surface area contributed by atoms with Crippen molar-refractivity contribution in [2.24, 2.45) is 5.92 Å². The van der Waals surface area contributed by atoms with Crippen LogP contribution in [0.3, 0.4) is 0 Å². The molecule has 1 aliphatic heterocycles. The Kier molecular flexibility index (Phi) is 8.98. The molecule has 0 spiro atoms. The second-order valence-corrected chi connectivity index (χ2v) is 8.54. The van der Waals surface area contributed by atoms with Crippen molar-refractivity contribution >= 4 is 23.2 Å². The molecule has 34 heavy (non-hydrogen) atoms. The largest absolute Gasteiger partial charge is 0.367 e. The topological polar surface area (TPSA) is 64.7 Å². The number of halogens is 2. The maximum Gasteiger partial charge on any atom is 0.241 e. The SMILES string of the molecule is CCNC(=O)C(c1cccc(F)c1)N1CCN(c2ccc(NC(=O)C(CC)CC)cc2F)CC1. The lowest BCUT2D eigenvalue weighted by atomic mass is 10.0. The van der Waals surface area contributed by atoms with Crippen LogP contribution < -0.4 is 15.5 Å². The van der Waals surface area contributed by atoms with Crippen LogP contribution >= 0.6 is 0 Å². The van der Waals surface area contributed by atoms with Crippen LogP contribution in [0.4, 0.5) is 20.2 Å². The molecule has 2 aromatic carbocycles. The first-order valence-electron chi connectivity index (χ1n) is 12.0. The average Bonchev–Trinajstić information content (AvgIpc) is 2.81. The van der Waals surface area contributed by atoms with Crippen molar-refractivity contribution in [3.05, 3.63) is 59.7 Å². The van der Waals surface area contributed by atoms with E-state index in [1.165, 1.54) is 18.2 Å². The summed E-state index contributed by atoms with van der Waals surface area (Å²) < 4.78 is 28.8. The van der Waals surface area contributed by atoms with Gasteiger partial charge in [-0.15, -0.1) is 0 Å². The van der Waals surface area contributed by atoms with Gasteiger partial charge in [-0.25, -0.2) is 8.78 Å². The molecule has 184 valence electrons. The summed E-state index contributed by atoms with van der Waals surface area (Å²) in [5.41, 5.74) is 1.50. The standard InChI is InChI=1S/C26H34F2N4O2/c1-4-18(5-2)25(33)30-21-10-11-23(22(28)17-21)31-12-14-32(15-13-31)24(26(34)29-6-3)19-8-7-9-20(27)16-19/h7-11,16-18,24H,4-6,12-15H2,1-3H3,(H,29,34)(H,30,33). The van der Waals surface area contributed by atoms with E-state index in [0.29, 0.717) is 49.7 Å². The minimum absolute atomic E-state index is 0.0910. The number of carbonyl (C=O) groups excluding carboxylic acids is 2.